The first-order valence-electron chi connectivity index (χ1n) is 7.33. The van der Waals surface area contributed by atoms with Crippen molar-refractivity contribution in [3.05, 3.63) is 28.2 Å². The number of nitrogens with zero attached hydrogens (tertiary/aromatic N) is 4. The number of nitrogens with one attached hydrogen (secondary N) is 2. The SMILES string of the molecule is CCC(C#Cc1cccs1)(CC)Nc1nc(C#N)nc(NC)n1. The first-order valence-corrected chi connectivity index (χ1v) is 8.21. The minimum atomic E-state index is -0.455. The van der Waals surface area contributed by atoms with Gasteiger partial charge in [0.25, 0.3) is 0 Å². The molecule has 0 aliphatic carbocycles. The summed E-state index contributed by atoms with van der Waals surface area (Å²) in [6.07, 6.45) is 1.56. The molecule has 0 saturated carbocycles. The van der Waals surface area contributed by atoms with Gasteiger partial charge in [-0.15, -0.1) is 11.3 Å². The zero-order valence-corrected chi connectivity index (χ0v) is 14.2. The van der Waals surface area contributed by atoms with Gasteiger partial charge in [-0.2, -0.15) is 20.2 Å². The van der Waals surface area contributed by atoms with Crippen molar-refractivity contribution in [2.75, 3.05) is 17.7 Å². The maximum Gasteiger partial charge on any atom is 0.238 e. The van der Waals surface area contributed by atoms with Gasteiger partial charge in [0.1, 0.15) is 11.6 Å². The van der Waals surface area contributed by atoms with Crippen LogP contribution >= 0.6 is 11.3 Å². The molecule has 23 heavy (non-hydrogen) atoms. The molecule has 0 unspecified atom stereocenters. The summed E-state index contributed by atoms with van der Waals surface area (Å²) < 4.78 is 0. The van der Waals surface area contributed by atoms with Crippen LogP contribution in [0.4, 0.5) is 11.9 Å². The molecule has 0 aliphatic rings. The van der Waals surface area contributed by atoms with Crippen LogP contribution in [0.15, 0.2) is 17.5 Å². The molecule has 0 bridgehead atoms. The van der Waals surface area contributed by atoms with E-state index in [0.717, 1.165) is 17.7 Å². The van der Waals surface area contributed by atoms with Crippen LogP contribution in [-0.2, 0) is 0 Å². The Balaban J connectivity index is 2.34. The van der Waals surface area contributed by atoms with E-state index in [1.54, 1.807) is 18.4 Å². The summed E-state index contributed by atoms with van der Waals surface area (Å²) in [6, 6.07) is 5.91. The standard InChI is InChI=1S/C16H18N6S/c1-4-16(5-2,9-8-12-7-6-10-23-12)22-15-20-13(11-17)19-14(18-3)21-15/h6-7,10H,4-5H2,1-3H3,(H2,18,19,20,21,22). The summed E-state index contributed by atoms with van der Waals surface area (Å²) in [7, 11) is 1.70. The summed E-state index contributed by atoms with van der Waals surface area (Å²) >= 11 is 1.61. The highest BCUT2D eigenvalue weighted by molar-refractivity contribution is 7.10. The zero-order valence-electron chi connectivity index (χ0n) is 13.3. The number of anilines is 2. The van der Waals surface area contributed by atoms with Gasteiger partial charge in [-0.25, -0.2) is 0 Å². The minimum absolute atomic E-state index is 0.0687. The van der Waals surface area contributed by atoms with Gasteiger partial charge < -0.3 is 10.6 Å². The van der Waals surface area contributed by atoms with Crippen molar-refractivity contribution in [2.45, 2.75) is 32.2 Å². The first kappa shape index (κ1) is 16.7. The fraction of sp³-hybridized carbons (Fsp3) is 0.375. The van der Waals surface area contributed by atoms with E-state index in [0.29, 0.717) is 11.9 Å². The van der Waals surface area contributed by atoms with Gasteiger partial charge >= 0.3 is 0 Å². The quantitative estimate of drug-likeness (QED) is 0.822. The number of thiophene rings is 1. The van der Waals surface area contributed by atoms with Crippen LogP contribution in [-0.4, -0.2) is 27.5 Å². The Kier molecular flexibility index (Phi) is 5.51. The predicted molar refractivity (Wildman–Crippen MR) is 92.2 cm³/mol. The van der Waals surface area contributed by atoms with Crippen LogP contribution in [0.2, 0.25) is 0 Å². The predicted octanol–water partition coefficient (Wildman–Crippen LogP) is 2.87. The molecule has 2 heterocycles. The lowest BCUT2D eigenvalue weighted by molar-refractivity contribution is 0.549. The van der Waals surface area contributed by atoms with Crippen LogP contribution in [0.3, 0.4) is 0 Å². The van der Waals surface area contributed by atoms with Crippen molar-refractivity contribution in [3.63, 3.8) is 0 Å². The number of hydrogen-bond donors (Lipinski definition) is 2. The molecule has 2 N–H and O–H groups in total. The Labute approximate surface area is 140 Å². The molecule has 0 aliphatic heterocycles. The molecule has 0 radical (unpaired) electrons. The van der Waals surface area contributed by atoms with Gasteiger partial charge in [0, 0.05) is 7.05 Å². The van der Waals surface area contributed by atoms with E-state index < -0.39 is 5.54 Å². The largest absolute Gasteiger partial charge is 0.357 e. The second-order valence-electron chi connectivity index (χ2n) is 4.81. The van der Waals surface area contributed by atoms with Crippen LogP contribution in [0.5, 0.6) is 0 Å². The lowest BCUT2D eigenvalue weighted by Crippen LogP contribution is -2.36. The average Bonchev–Trinajstić information content (AvgIpc) is 3.12. The third kappa shape index (κ3) is 4.18. The van der Waals surface area contributed by atoms with Crippen LogP contribution in [0.1, 0.15) is 37.4 Å². The van der Waals surface area contributed by atoms with Gasteiger partial charge in [-0.3, -0.25) is 0 Å². The fourth-order valence-corrected chi connectivity index (χ4v) is 2.54. The molecule has 2 aromatic heterocycles. The molecule has 118 valence electrons. The van der Waals surface area contributed by atoms with Crippen molar-refractivity contribution in [1.29, 1.82) is 5.26 Å². The molecular weight excluding hydrogens is 308 g/mol. The van der Waals surface area contributed by atoms with Crippen molar-refractivity contribution in [1.82, 2.24) is 15.0 Å². The summed E-state index contributed by atoms with van der Waals surface area (Å²) in [5, 5.41) is 17.2. The smallest absolute Gasteiger partial charge is 0.238 e. The van der Waals surface area contributed by atoms with E-state index >= 15 is 0 Å². The maximum atomic E-state index is 9.04. The highest BCUT2D eigenvalue weighted by atomic mass is 32.1. The van der Waals surface area contributed by atoms with Gasteiger partial charge in [-0.05, 0) is 24.3 Å². The Hall–Kier alpha value is -2.64. The Morgan fingerprint density at radius 1 is 1.22 bits per heavy atom. The molecule has 0 fully saturated rings. The summed E-state index contributed by atoms with van der Waals surface area (Å²) in [4.78, 5) is 13.4. The Morgan fingerprint density at radius 2 is 1.96 bits per heavy atom. The summed E-state index contributed by atoms with van der Waals surface area (Å²) in [6.45, 7) is 4.12. The number of rotatable bonds is 5. The molecule has 6 nitrogen and oxygen atoms in total. The number of aromatic nitrogens is 3. The Morgan fingerprint density at radius 3 is 2.52 bits per heavy atom. The van der Waals surface area contributed by atoms with Gasteiger partial charge in [0.2, 0.25) is 17.7 Å². The highest BCUT2D eigenvalue weighted by Gasteiger charge is 2.25. The van der Waals surface area contributed by atoms with E-state index in [4.69, 9.17) is 5.26 Å². The van der Waals surface area contributed by atoms with Gasteiger partial charge in [-0.1, -0.05) is 31.8 Å². The average molecular weight is 326 g/mol. The van der Waals surface area contributed by atoms with E-state index in [1.807, 2.05) is 23.6 Å². The highest BCUT2D eigenvalue weighted by Crippen LogP contribution is 2.21. The number of nitriles is 1. The molecule has 0 atom stereocenters. The van der Waals surface area contributed by atoms with E-state index in [-0.39, 0.29) is 5.82 Å². The lowest BCUT2D eigenvalue weighted by atomic mass is 9.93. The summed E-state index contributed by atoms with van der Waals surface area (Å²) in [5.74, 6) is 7.28. The van der Waals surface area contributed by atoms with Crippen LogP contribution in [0.25, 0.3) is 0 Å². The maximum absolute atomic E-state index is 9.04. The van der Waals surface area contributed by atoms with Crippen molar-refractivity contribution in [2.24, 2.45) is 0 Å². The second kappa shape index (κ2) is 7.57. The van der Waals surface area contributed by atoms with E-state index in [9.17, 15) is 0 Å². The van der Waals surface area contributed by atoms with Crippen LogP contribution in [0, 0.1) is 23.2 Å². The Bertz CT molecular complexity index is 747. The first-order chi connectivity index (χ1) is 11.1. The zero-order chi connectivity index (χ0) is 16.7. The fourth-order valence-electron chi connectivity index (χ4n) is 1.97. The molecule has 2 aromatic rings. The second-order valence-corrected chi connectivity index (χ2v) is 5.76. The van der Waals surface area contributed by atoms with E-state index in [2.05, 4.69) is 51.3 Å². The third-order valence-electron chi connectivity index (χ3n) is 3.46. The minimum Gasteiger partial charge on any atom is -0.357 e. The van der Waals surface area contributed by atoms with Crippen molar-refractivity contribution >= 4 is 23.2 Å². The molecule has 7 heteroatoms. The van der Waals surface area contributed by atoms with Crippen molar-refractivity contribution in [3.8, 4) is 17.9 Å². The lowest BCUT2D eigenvalue weighted by Gasteiger charge is -2.27. The molecule has 0 amide bonds. The molecule has 0 saturated heterocycles. The van der Waals surface area contributed by atoms with Crippen molar-refractivity contribution < 1.29 is 0 Å². The monoisotopic (exact) mass is 326 g/mol. The molecule has 0 spiro atoms. The normalized spacial score (nSPS) is 10.3. The molecular formula is C16H18N6S. The van der Waals surface area contributed by atoms with Gasteiger partial charge in [0.05, 0.1) is 4.88 Å². The molecule has 0 aromatic carbocycles. The third-order valence-corrected chi connectivity index (χ3v) is 4.25. The summed E-state index contributed by atoms with van der Waals surface area (Å²) in [5.41, 5.74) is -0.455. The number of hydrogen-bond acceptors (Lipinski definition) is 7. The topological polar surface area (TPSA) is 86.5 Å². The molecule has 2 rings (SSSR count). The van der Waals surface area contributed by atoms with E-state index in [1.165, 1.54) is 0 Å². The van der Waals surface area contributed by atoms with Crippen LogP contribution < -0.4 is 10.6 Å². The van der Waals surface area contributed by atoms with Gasteiger partial charge in [0.15, 0.2) is 0 Å².